The Hall–Kier alpha value is -2.84. The van der Waals surface area contributed by atoms with Crippen molar-refractivity contribution in [3.8, 4) is 22.5 Å². The van der Waals surface area contributed by atoms with Gasteiger partial charge in [-0.15, -0.1) is 0 Å². The number of halogens is 1. The number of furan rings is 1. The lowest BCUT2D eigenvalue weighted by molar-refractivity contribution is 0.628. The second-order valence-corrected chi connectivity index (χ2v) is 9.13. The van der Waals surface area contributed by atoms with E-state index >= 15 is 0 Å². The van der Waals surface area contributed by atoms with E-state index in [1.807, 2.05) is 0 Å². The number of hydrogen-bond donors (Lipinski definition) is 0. The predicted octanol–water partition coefficient (Wildman–Crippen LogP) is 8.32. The molecule has 1 aromatic heterocycles. The molecule has 1 nitrogen and oxygen atoms in total. The van der Waals surface area contributed by atoms with Crippen molar-refractivity contribution >= 4 is 37.7 Å². The maximum atomic E-state index is 6.35. The summed E-state index contributed by atoms with van der Waals surface area (Å²) < 4.78 is 7.38. The monoisotopic (exact) mass is 438 g/mol. The van der Waals surface area contributed by atoms with E-state index in [0.717, 1.165) is 26.8 Å². The molecule has 4 aromatic carbocycles. The molecule has 140 valence electrons. The van der Waals surface area contributed by atoms with Crippen molar-refractivity contribution in [1.82, 2.24) is 0 Å². The van der Waals surface area contributed by atoms with Gasteiger partial charge in [0.15, 0.2) is 0 Å². The van der Waals surface area contributed by atoms with Gasteiger partial charge in [0.1, 0.15) is 11.3 Å². The second-order valence-electron chi connectivity index (χ2n) is 8.34. The SMILES string of the molecule is CC1(C)c2ccccc2-c2ccc(-c3oc4ccc5ccccc5c4c3Br)cc21. The lowest BCUT2D eigenvalue weighted by Gasteiger charge is -2.21. The van der Waals surface area contributed by atoms with Crippen LogP contribution in [0.25, 0.3) is 44.2 Å². The quantitative estimate of drug-likeness (QED) is 0.256. The molecule has 5 aromatic rings. The molecule has 0 unspecified atom stereocenters. The molecule has 0 aliphatic heterocycles. The molecule has 0 saturated carbocycles. The Balaban J connectivity index is 1.60. The molecule has 0 amide bonds. The zero-order valence-electron chi connectivity index (χ0n) is 16.3. The molecule has 0 radical (unpaired) electrons. The summed E-state index contributed by atoms with van der Waals surface area (Å²) >= 11 is 3.85. The standard InChI is InChI=1S/C27H19BrO/c1-27(2)21-10-6-5-9-19(21)20-13-11-17(15-22(20)27)26-25(28)24-18-8-4-3-7-16(18)12-14-23(24)29-26/h3-15H,1-2H3. The van der Waals surface area contributed by atoms with Gasteiger partial charge in [-0.25, -0.2) is 0 Å². The second kappa shape index (κ2) is 5.84. The third-order valence-electron chi connectivity index (χ3n) is 6.37. The molecule has 0 spiro atoms. The van der Waals surface area contributed by atoms with Crippen LogP contribution in [0.2, 0.25) is 0 Å². The molecule has 0 atom stereocenters. The van der Waals surface area contributed by atoms with Gasteiger partial charge in [0, 0.05) is 16.4 Å². The number of rotatable bonds is 1. The van der Waals surface area contributed by atoms with E-state index in [2.05, 4.69) is 109 Å². The third kappa shape index (κ3) is 2.27. The van der Waals surface area contributed by atoms with Gasteiger partial charge in [-0.2, -0.15) is 0 Å². The van der Waals surface area contributed by atoms with Gasteiger partial charge in [-0.1, -0.05) is 80.6 Å². The molecule has 6 rings (SSSR count). The number of benzene rings is 4. The fraction of sp³-hybridized carbons (Fsp3) is 0.111. The highest BCUT2D eigenvalue weighted by Gasteiger charge is 2.35. The van der Waals surface area contributed by atoms with E-state index in [-0.39, 0.29) is 5.41 Å². The van der Waals surface area contributed by atoms with Crippen LogP contribution in [0.4, 0.5) is 0 Å². The van der Waals surface area contributed by atoms with Crippen LogP contribution in [-0.4, -0.2) is 0 Å². The fourth-order valence-electron chi connectivity index (χ4n) is 4.86. The van der Waals surface area contributed by atoms with Gasteiger partial charge < -0.3 is 4.42 Å². The maximum Gasteiger partial charge on any atom is 0.149 e. The van der Waals surface area contributed by atoms with E-state index in [4.69, 9.17) is 4.42 Å². The summed E-state index contributed by atoms with van der Waals surface area (Å²) in [7, 11) is 0. The molecule has 0 saturated heterocycles. The first-order valence-electron chi connectivity index (χ1n) is 9.90. The lowest BCUT2D eigenvalue weighted by Crippen LogP contribution is -2.14. The summed E-state index contributed by atoms with van der Waals surface area (Å²) in [5.74, 6) is 0.894. The molecular weight excluding hydrogens is 420 g/mol. The van der Waals surface area contributed by atoms with Crippen LogP contribution in [0.3, 0.4) is 0 Å². The van der Waals surface area contributed by atoms with Crippen LogP contribution in [0.5, 0.6) is 0 Å². The molecule has 0 fully saturated rings. The summed E-state index contributed by atoms with van der Waals surface area (Å²) in [5, 5.41) is 3.57. The first-order valence-corrected chi connectivity index (χ1v) is 10.7. The summed E-state index contributed by atoms with van der Waals surface area (Å²) in [6, 6.07) is 28.1. The highest BCUT2D eigenvalue weighted by molar-refractivity contribution is 9.10. The van der Waals surface area contributed by atoms with Crippen LogP contribution < -0.4 is 0 Å². The minimum Gasteiger partial charge on any atom is -0.455 e. The van der Waals surface area contributed by atoms with Gasteiger partial charge in [-0.05, 0) is 61.1 Å². The molecular formula is C27H19BrO. The van der Waals surface area contributed by atoms with E-state index in [9.17, 15) is 0 Å². The van der Waals surface area contributed by atoms with Crippen molar-refractivity contribution in [2.24, 2.45) is 0 Å². The predicted molar refractivity (Wildman–Crippen MR) is 124 cm³/mol. The highest BCUT2D eigenvalue weighted by Crippen LogP contribution is 2.50. The van der Waals surface area contributed by atoms with Gasteiger partial charge in [0.2, 0.25) is 0 Å². The Kier molecular flexibility index (Phi) is 3.43. The van der Waals surface area contributed by atoms with E-state index in [1.165, 1.54) is 33.0 Å². The van der Waals surface area contributed by atoms with Crippen molar-refractivity contribution in [3.05, 3.63) is 94.5 Å². The summed E-state index contributed by atoms with van der Waals surface area (Å²) in [6.07, 6.45) is 0. The fourth-order valence-corrected chi connectivity index (χ4v) is 5.58. The zero-order chi connectivity index (χ0) is 19.8. The smallest absolute Gasteiger partial charge is 0.149 e. The molecule has 1 aliphatic carbocycles. The van der Waals surface area contributed by atoms with Gasteiger partial charge in [0.25, 0.3) is 0 Å². The van der Waals surface area contributed by atoms with Crippen LogP contribution in [0.1, 0.15) is 25.0 Å². The van der Waals surface area contributed by atoms with Crippen molar-refractivity contribution in [1.29, 1.82) is 0 Å². The minimum absolute atomic E-state index is 0.0207. The normalized spacial score (nSPS) is 14.3. The van der Waals surface area contributed by atoms with Crippen LogP contribution >= 0.6 is 15.9 Å². The molecule has 1 heterocycles. The van der Waals surface area contributed by atoms with Crippen molar-refractivity contribution in [2.45, 2.75) is 19.3 Å². The third-order valence-corrected chi connectivity index (χ3v) is 7.12. The summed E-state index contributed by atoms with van der Waals surface area (Å²) in [6.45, 7) is 4.62. The maximum absolute atomic E-state index is 6.35. The van der Waals surface area contributed by atoms with Crippen molar-refractivity contribution in [3.63, 3.8) is 0 Å². The van der Waals surface area contributed by atoms with Gasteiger partial charge in [0.05, 0.1) is 4.47 Å². The van der Waals surface area contributed by atoms with E-state index < -0.39 is 0 Å². The summed E-state index contributed by atoms with van der Waals surface area (Å²) in [4.78, 5) is 0. The van der Waals surface area contributed by atoms with Crippen LogP contribution in [-0.2, 0) is 5.41 Å². The zero-order valence-corrected chi connectivity index (χ0v) is 17.9. The minimum atomic E-state index is -0.0207. The van der Waals surface area contributed by atoms with Crippen LogP contribution in [0, 0.1) is 0 Å². The topological polar surface area (TPSA) is 13.1 Å². The lowest BCUT2D eigenvalue weighted by atomic mass is 9.82. The van der Waals surface area contributed by atoms with Gasteiger partial charge >= 0.3 is 0 Å². The Labute approximate surface area is 178 Å². The Morgan fingerprint density at radius 3 is 2.41 bits per heavy atom. The summed E-state index contributed by atoms with van der Waals surface area (Å²) in [5.41, 5.74) is 7.41. The Bertz CT molecular complexity index is 1440. The number of hydrogen-bond acceptors (Lipinski definition) is 1. The average Bonchev–Trinajstić information content (AvgIpc) is 3.21. The molecule has 29 heavy (non-hydrogen) atoms. The van der Waals surface area contributed by atoms with Crippen LogP contribution in [0.15, 0.2) is 87.8 Å². The molecule has 0 N–H and O–H groups in total. The largest absolute Gasteiger partial charge is 0.455 e. The van der Waals surface area contributed by atoms with Crippen molar-refractivity contribution in [2.75, 3.05) is 0 Å². The van der Waals surface area contributed by atoms with E-state index in [1.54, 1.807) is 0 Å². The van der Waals surface area contributed by atoms with E-state index in [0.29, 0.717) is 0 Å². The molecule has 1 aliphatic rings. The van der Waals surface area contributed by atoms with Crippen molar-refractivity contribution < 1.29 is 4.42 Å². The average molecular weight is 439 g/mol. The van der Waals surface area contributed by atoms with Gasteiger partial charge in [-0.3, -0.25) is 0 Å². The first kappa shape index (κ1) is 17.1. The first-order chi connectivity index (χ1) is 14.1. The molecule has 0 bridgehead atoms. The Morgan fingerprint density at radius 2 is 1.52 bits per heavy atom. The number of fused-ring (bicyclic) bond motifs is 6. The molecule has 2 heteroatoms. The Morgan fingerprint density at radius 1 is 0.759 bits per heavy atom. The highest BCUT2D eigenvalue weighted by atomic mass is 79.9.